The molecule has 94 valence electrons. The van der Waals surface area contributed by atoms with Crippen LogP contribution in [-0.4, -0.2) is 40.8 Å². The van der Waals surface area contributed by atoms with E-state index in [4.69, 9.17) is 4.74 Å². The number of methoxy groups -OCH3 is 1. The maximum Gasteiger partial charge on any atom is 0.310 e. The Kier molecular flexibility index (Phi) is 3.47. The summed E-state index contributed by atoms with van der Waals surface area (Å²) in [6, 6.07) is 2.01. The first-order chi connectivity index (χ1) is 8.10. The summed E-state index contributed by atoms with van der Waals surface area (Å²) >= 11 is 0. The lowest BCUT2D eigenvalue weighted by molar-refractivity contribution is -0.146. The third-order valence-corrected chi connectivity index (χ3v) is 3.35. The van der Waals surface area contributed by atoms with Gasteiger partial charge in [0.15, 0.2) is 0 Å². The van der Waals surface area contributed by atoms with Crippen molar-refractivity contribution < 1.29 is 9.53 Å². The molecule has 2 atom stereocenters. The van der Waals surface area contributed by atoms with Crippen LogP contribution in [0.15, 0.2) is 12.3 Å². The maximum absolute atomic E-state index is 11.6. The van der Waals surface area contributed by atoms with Gasteiger partial charge in [0.25, 0.3) is 0 Å². The number of ether oxygens (including phenoxy) is 1. The summed E-state index contributed by atoms with van der Waals surface area (Å²) in [4.78, 5) is 13.8. The molecule has 1 fully saturated rings. The molecule has 2 unspecified atom stereocenters. The van der Waals surface area contributed by atoms with E-state index in [0.717, 1.165) is 25.3 Å². The highest BCUT2D eigenvalue weighted by atomic mass is 16.5. The largest absolute Gasteiger partial charge is 0.469 e. The van der Waals surface area contributed by atoms with Crippen molar-refractivity contribution in [2.45, 2.75) is 13.5 Å². The minimum absolute atomic E-state index is 0.00344. The van der Waals surface area contributed by atoms with Crippen molar-refractivity contribution in [3.63, 3.8) is 0 Å². The van der Waals surface area contributed by atoms with Crippen molar-refractivity contribution in [2.75, 3.05) is 20.2 Å². The molecule has 17 heavy (non-hydrogen) atoms. The second-order valence-corrected chi connectivity index (χ2v) is 4.78. The number of rotatable bonds is 3. The molecule has 2 rings (SSSR count). The summed E-state index contributed by atoms with van der Waals surface area (Å²) in [5, 5.41) is 4.35. The molecule has 0 radical (unpaired) electrons. The molecule has 2 heterocycles. The summed E-state index contributed by atoms with van der Waals surface area (Å²) in [6.45, 7) is 4.60. The van der Waals surface area contributed by atoms with Gasteiger partial charge in [-0.3, -0.25) is 14.4 Å². The van der Waals surface area contributed by atoms with E-state index in [9.17, 15) is 4.79 Å². The highest BCUT2D eigenvalue weighted by Gasteiger charge is 2.35. The van der Waals surface area contributed by atoms with E-state index in [-0.39, 0.29) is 11.9 Å². The zero-order chi connectivity index (χ0) is 12.4. The van der Waals surface area contributed by atoms with Gasteiger partial charge in [-0.15, -0.1) is 0 Å². The van der Waals surface area contributed by atoms with Gasteiger partial charge in [-0.25, -0.2) is 0 Å². The van der Waals surface area contributed by atoms with Crippen LogP contribution < -0.4 is 0 Å². The van der Waals surface area contributed by atoms with Crippen molar-refractivity contribution >= 4 is 5.97 Å². The van der Waals surface area contributed by atoms with Gasteiger partial charge < -0.3 is 4.74 Å². The number of carbonyl (C=O) groups is 1. The van der Waals surface area contributed by atoms with Crippen molar-refractivity contribution in [1.82, 2.24) is 14.7 Å². The predicted molar refractivity (Wildman–Crippen MR) is 63.2 cm³/mol. The second-order valence-electron chi connectivity index (χ2n) is 4.78. The molecule has 0 aromatic carbocycles. The highest BCUT2D eigenvalue weighted by molar-refractivity contribution is 5.73. The van der Waals surface area contributed by atoms with Crippen LogP contribution in [0.4, 0.5) is 0 Å². The monoisotopic (exact) mass is 237 g/mol. The van der Waals surface area contributed by atoms with Gasteiger partial charge >= 0.3 is 5.97 Å². The van der Waals surface area contributed by atoms with Gasteiger partial charge in [-0.2, -0.15) is 5.10 Å². The molecule has 5 nitrogen and oxygen atoms in total. The van der Waals surface area contributed by atoms with Gasteiger partial charge in [-0.05, 0) is 12.0 Å². The Hall–Kier alpha value is -1.36. The highest BCUT2D eigenvalue weighted by Crippen LogP contribution is 2.25. The van der Waals surface area contributed by atoms with Crippen LogP contribution in [0, 0.1) is 11.8 Å². The van der Waals surface area contributed by atoms with Crippen LogP contribution >= 0.6 is 0 Å². The summed E-state index contributed by atoms with van der Waals surface area (Å²) in [7, 11) is 3.36. The van der Waals surface area contributed by atoms with Crippen LogP contribution in [0.3, 0.4) is 0 Å². The molecular weight excluding hydrogens is 218 g/mol. The summed E-state index contributed by atoms with van der Waals surface area (Å²) in [5.41, 5.74) is 1.05. The van der Waals surface area contributed by atoms with Gasteiger partial charge in [0.05, 0.1) is 18.7 Å². The van der Waals surface area contributed by atoms with E-state index in [1.807, 2.05) is 19.3 Å². The molecule has 0 N–H and O–H groups in total. The Morgan fingerprint density at radius 2 is 2.35 bits per heavy atom. The first-order valence-corrected chi connectivity index (χ1v) is 5.89. The van der Waals surface area contributed by atoms with Crippen LogP contribution in [0.2, 0.25) is 0 Å². The topological polar surface area (TPSA) is 47.4 Å². The lowest BCUT2D eigenvalue weighted by Gasteiger charge is -2.13. The first-order valence-electron chi connectivity index (χ1n) is 5.89. The Labute approximate surface area is 101 Å². The van der Waals surface area contributed by atoms with Gasteiger partial charge in [0.2, 0.25) is 0 Å². The summed E-state index contributed by atoms with van der Waals surface area (Å²) < 4.78 is 6.62. The number of aryl methyl sites for hydroxylation is 1. The fourth-order valence-corrected chi connectivity index (χ4v) is 2.43. The minimum atomic E-state index is -0.0963. The standard InChI is InChI=1S/C12H19N3O2/c1-9-6-15(8-11(9)12(16)17-3)7-10-4-5-14(2)13-10/h4-5,9,11H,6-8H2,1-3H3. The molecule has 1 aromatic heterocycles. The summed E-state index contributed by atoms with van der Waals surface area (Å²) in [5.74, 6) is 0.260. The molecule has 0 aliphatic carbocycles. The van der Waals surface area contributed by atoms with E-state index in [1.54, 1.807) is 4.68 Å². The van der Waals surface area contributed by atoms with Crippen molar-refractivity contribution in [3.05, 3.63) is 18.0 Å². The number of nitrogens with zero attached hydrogens (tertiary/aromatic N) is 3. The van der Waals surface area contributed by atoms with Gasteiger partial charge in [-0.1, -0.05) is 6.92 Å². The Morgan fingerprint density at radius 3 is 2.94 bits per heavy atom. The lowest BCUT2D eigenvalue weighted by atomic mass is 9.99. The third-order valence-electron chi connectivity index (χ3n) is 3.35. The Balaban J connectivity index is 1.95. The van der Waals surface area contributed by atoms with Crippen LogP contribution in [-0.2, 0) is 23.1 Å². The second kappa shape index (κ2) is 4.87. The number of esters is 1. The quantitative estimate of drug-likeness (QED) is 0.725. The lowest BCUT2D eigenvalue weighted by Crippen LogP contribution is -2.24. The van der Waals surface area contributed by atoms with E-state index < -0.39 is 0 Å². The maximum atomic E-state index is 11.6. The Bertz CT molecular complexity index is 402. The van der Waals surface area contributed by atoms with E-state index in [1.165, 1.54) is 7.11 Å². The molecule has 1 aliphatic rings. The van der Waals surface area contributed by atoms with Crippen molar-refractivity contribution in [2.24, 2.45) is 18.9 Å². The zero-order valence-electron chi connectivity index (χ0n) is 10.6. The first kappa shape index (κ1) is 12.1. The van der Waals surface area contributed by atoms with Crippen LogP contribution in [0.25, 0.3) is 0 Å². The molecule has 1 aliphatic heterocycles. The molecule has 0 spiro atoms. The molecule has 1 aromatic rings. The van der Waals surface area contributed by atoms with Gasteiger partial charge in [0.1, 0.15) is 0 Å². The number of likely N-dealkylation sites (tertiary alicyclic amines) is 1. The minimum Gasteiger partial charge on any atom is -0.469 e. The fourth-order valence-electron chi connectivity index (χ4n) is 2.43. The smallest absolute Gasteiger partial charge is 0.310 e. The van der Waals surface area contributed by atoms with Gasteiger partial charge in [0, 0.05) is 32.9 Å². The molecule has 0 amide bonds. The zero-order valence-corrected chi connectivity index (χ0v) is 10.6. The van der Waals surface area contributed by atoms with E-state index in [0.29, 0.717) is 5.92 Å². The van der Waals surface area contributed by atoms with E-state index in [2.05, 4.69) is 16.9 Å². The number of hydrogen-bond donors (Lipinski definition) is 0. The SMILES string of the molecule is COC(=O)C1CN(Cc2ccn(C)n2)CC1C. The number of hydrogen-bond acceptors (Lipinski definition) is 4. The van der Waals surface area contributed by atoms with Crippen LogP contribution in [0.1, 0.15) is 12.6 Å². The van der Waals surface area contributed by atoms with Crippen molar-refractivity contribution in [3.8, 4) is 0 Å². The van der Waals surface area contributed by atoms with Crippen LogP contribution in [0.5, 0.6) is 0 Å². The third kappa shape index (κ3) is 2.66. The molecule has 1 saturated heterocycles. The van der Waals surface area contributed by atoms with E-state index >= 15 is 0 Å². The normalized spacial score (nSPS) is 25.1. The Morgan fingerprint density at radius 1 is 1.59 bits per heavy atom. The number of carbonyl (C=O) groups excluding carboxylic acids is 1. The summed E-state index contributed by atoms with van der Waals surface area (Å²) in [6.07, 6.45) is 1.94. The molecule has 0 saturated carbocycles. The fraction of sp³-hybridized carbons (Fsp3) is 0.667. The average Bonchev–Trinajstić information content (AvgIpc) is 2.85. The molecule has 5 heteroatoms. The van der Waals surface area contributed by atoms with Crippen molar-refractivity contribution in [1.29, 1.82) is 0 Å². The predicted octanol–water partition coefficient (Wildman–Crippen LogP) is 0.661. The molecule has 0 bridgehead atoms. The average molecular weight is 237 g/mol. The number of aromatic nitrogens is 2. The molecular formula is C12H19N3O2.